The third-order valence-corrected chi connectivity index (χ3v) is 5.85. The highest BCUT2D eigenvalue weighted by atomic mass is 16.5. The summed E-state index contributed by atoms with van der Waals surface area (Å²) in [6, 6.07) is 7.95. The molecule has 0 saturated carbocycles. The zero-order valence-corrected chi connectivity index (χ0v) is 14.0. The van der Waals surface area contributed by atoms with Crippen LogP contribution in [0.1, 0.15) is 41.6 Å². The summed E-state index contributed by atoms with van der Waals surface area (Å²) in [4.78, 5) is 17.4. The number of benzene rings is 1. The molecule has 23 heavy (non-hydrogen) atoms. The molecule has 0 aliphatic carbocycles. The summed E-state index contributed by atoms with van der Waals surface area (Å²) in [5.41, 5.74) is 2.20. The minimum absolute atomic E-state index is 0.189. The SMILES string of the molecule is Cc1cccc(C(=O)N2CC[C@]3(CCN3C[C@H]3CCCO3)C2)c1. The second-order valence-electron chi connectivity index (χ2n) is 7.40. The van der Waals surface area contributed by atoms with E-state index >= 15 is 0 Å². The smallest absolute Gasteiger partial charge is 0.253 e. The van der Waals surface area contributed by atoms with Gasteiger partial charge in [-0.1, -0.05) is 17.7 Å². The molecule has 0 bridgehead atoms. The molecule has 3 heterocycles. The topological polar surface area (TPSA) is 32.8 Å². The summed E-state index contributed by atoms with van der Waals surface area (Å²) in [7, 11) is 0. The summed E-state index contributed by atoms with van der Waals surface area (Å²) in [6.45, 7) is 6.93. The van der Waals surface area contributed by atoms with Gasteiger partial charge in [0.15, 0.2) is 0 Å². The summed E-state index contributed by atoms with van der Waals surface area (Å²) in [5.74, 6) is 0.189. The van der Waals surface area contributed by atoms with Crippen LogP contribution in [-0.2, 0) is 4.74 Å². The number of likely N-dealkylation sites (tertiary alicyclic amines) is 2. The van der Waals surface area contributed by atoms with Crippen LogP contribution in [0.5, 0.6) is 0 Å². The van der Waals surface area contributed by atoms with Crippen molar-refractivity contribution < 1.29 is 9.53 Å². The second-order valence-corrected chi connectivity index (χ2v) is 7.40. The predicted octanol–water partition coefficient (Wildman–Crippen LogP) is 2.46. The van der Waals surface area contributed by atoms with Crippen LogP contribution in [0.2, 0.25) is 0 Å². The molecular formula is C19H26N2O2. The zero-order valence-electron chi connectivity index (χ0n) is 14.0. The lowest BCUT2D eigenvalue weighted by Crippen LogP contribution is -2.63. The lowest BCUT2D eigenvalue weighted by atomic mass is 9.83. The van der Waals surface area contributed by atoms with Gasteiger partial charge in [0, 0.05) is 43.9 Å². The van der Waals surface area contributed by atoms with Gasteiger partial charge in [0.25, 0.3) is 5.91 Å². The molecule has 2 atom stereocenters. The van der Waals surface area contributed by atoms with Gasteiger partial charge in [-0.15, -0.1) is 0 Å². The Bertz CT molecular complexity index is 597. The first kappa shape index (κ1) is 15.2. The van der Waals surface area contributed by atoms with E-state index in [0.29, 0.717) is 6.10 Å². The summed E-state index contributed by atoms with van der Waals surface area (Å²) in [6.07, 6.45) is 5.13. The quantitative estimate of drug-likeness (QED) is 0.859. The van der Waals surface area contributed by atoms with E-state index in [0.717, 1.165) is 50.3 Å². The van der Waals surface area contributed by atoms with Crippen molar-refractivity contribution in [3.8, 4) is 0 Å². The summed E-state index contributed by atoms with van der Waals surface area (Å²) >= 11 is 0. The molecule has 0 radical (unpaired) electrons. The van der Waals surface area contributed by atoms with Crippen molar-refractivity contribution in [1.82, 2.24) is 9.80 Å². The Labute approximate surface area is 138 Å². The molecule has 1 aromatic rings. The number of hydrogen-bond donors (Lipinski definition) is 0. The first-order chi connectivity index (χ1) is 11.2. The molecule has 3 aliphatic rings. The van der Waals surface area contributed by atoms with E-state index in [1.807, 2.05) is 31.2 Å². The third kappa shape index (κ3) is 2.79. The van der Waals surface area contributed by atoms with E-state index in [9.17, 15) is 4.79 Å². The lowest BCUT2D eigenvalue weighted by molar-refractivity contribution is -0.0419. The number of ether oxygens (including phenoxy) is 1. The average Bonchev–Trinajstić information content (AvgIpc) is 3.21. The average molecular weight is 314 g/mol. The van der Waals surface area contributed by atoms with Crippen LogP contribution >= 0.6 is 0 Å². The molecule has 3 aliphatic heterocycles. The fourth-order valence-corrected chi connectivity index (χ4v) is 4.36. The monoisotopic (exact) mass is 314 g/mol. The van der Waals surface area contributed by atoms with Gasteiger partial charge in [0.05, 0.1) is 6.10 Å². The highest BCUT2D eigenvalue weighted by Crippen LogP contribution is 2.40. The maximum Gasteiger partial charge on any atom is 0.253 e. The van der Waals surface area contributed by atoms with Crippen LogP contribution in [0, 0.1) is 6.92 Å². The minimum Gasteiger partial charge on any atom is -0.377 e. The number of carbonyl (C=O) groups excluding carboxylic acids is 1. The summed E-state index contributed by atoms with van der Waals surface area (Å²) in [5, 5.41) is 0. The van der Waals surface area contributed by atoms with Crippen molar-refractivity contribution in [3.05, 3.63) is 35.4 Å². The lowest BCUT2D eigenvalue weighted by Gasteiger charge is -2.51. The van der Waals surface area contributed by atoms with Crippen LogP contribution in [0.25, 0.3) is 0 Å². The minimum atomic E-state index is 0.189. The molecule has 0 N–H and O–H groups in total. The Morgan fingerprint density at radius 3 is 2.91 bits per heavy atom. The van der Waals surface area contributed by atoms with Crippen molar-refractivity contribution >= 4 is 5.91 Å². The molecule has 4 rings (SSSR count). The molecule has 4 heteroatoms. The van der Waals surface area contributed by atoms with Gasteiger partial charge in [-0.3, -0.25) is 9.69 Å². The van der Waals surface area contributed by atoms with E-state index in [1.165, 1.54) is 19.3 Å². The van der Waals surface area contributed by atoms with E-state index in [2.05, 4.69) is 9.80 Å². The Balaban J connectivity index is 1.41. The second kappa shape index (κ2) is 5.91. The van der Waals surface area contributed by atoms with Gasteiger partial charge in [0.2, 0.25) is 0 Å². The van der Waals surface area contributed by atoms with Crippen molar-refractivity contribution in [3.63, 3.8) is 0 Å². The number of aryl methyl sites for hydroxylation is 1. The molecule has 4 nitrogen and oxygen atoms in total. The highest BCUT2D eigenvalue weighted by Gasteiger charge is 2.50. The fraction of sp³-hybridized carbons (Fsp3) is 0.632. The van der Waals surface area contributed by atoms with Gasteiger partial charge < -0.3 is 9.64 Å². The third-order valence-electron chi connectivity index (χ3n) is 5.85. The molecule has 1 amide bonds. The van der Waals surface area contributed by atoms with E-state index < -0.39 is 0 Å². The van der Waals surface area contributed by atoms with E-state index in [1.54, 1.807) is 0 Å². The molecule has 0 aromatic heterocycles. The van der Waals surface area contributed by atoms with Gasteiger partial charge in [-0.2, -0.15) is 0 Å². The number of rotatable bonds is 3. The Morgan fingerprint density at radius 1 is 1.35 bits per heavy atom. The number of nitrogens with zero attached hydrogens (tertiary/aromatic N) is 2. The molecule has 1 spiro atoms. The number of carbonyl (C=O) groups is 1. The van der Waals surface area contributed by atoms with Gasteiger partial charge in [-0.25, -0.2) is 0 Å². The van der Waals surface area contributed by atoms with Crippen LogP contribution in [0.3, 0.4) is 0 Å². The van der Waals surface area contributed by atoms with Crippen molar-refractivity contribution in [1.29, 1.82) is 0 Å². The molecule has 3 saturated heterocycles. The number of amides is 1. The van der Waals surface area contributed by atoms with Gasteiger partial charge in [-0.05, 0) is 44.7 Å². The Morgan fingerprint density at radius 2 is 2.22 bits per heavy atom. The Hall–Kier alpha value is -1.39. The molecular weight excluding hydrogens is 288 g/mol. The predicted molar refractivity (Wildman–Crippen MR) is 89.6 cm³/mol. The van der Waals surface area contributed by atoms with Crippen LogP contribution in [0.15, 0.2) is 24.3 Å². The highest BCUT2D eigenvalue weighted by molar-refractivity contribution is 5.94. The first-order valence-corrected chi connectivity index (χ1v) is 8.89. The van der Waals surface area contributed by atoms with Gasteiger partial charge >= 0.3 is 0 Å². The summed E-state index contributed by atoms with van der Waals surface area (Å²) < 4.78 is 5.80. The Kier molecular flexibility index (Phi) is 3.90. The normalized spacial score (nSPS) is 30.8. The zero-order chi connectivity index (χ0) is 15.9. The molecule has 1 aromatic carbocycles. The maximum absolute atomic E-state index is 12.8. The van der Waals surface area contributed by atoms with Crippen molar-refractivity contribution in [2.45, 2.75) is 44.2 Å². The number of hydrogen-bond acceptors (Lipinski definition) is 3. The fourth-order valence-electron chi connectivity index (χ4n) is 4.36. The van der Waals surface area contributed by atoms with Crippen molar-refractivity contribution in [2.24, 2.45) is 0 Å². The van der Waals surface area contributed by atoms with E-state index in [4.69, 9.17) is 4.74 Å². The van der Waals surface area contributed by atoms with Crippen LogP contribution in [0.4, 0.5) is 0 Å². The molecule has 3 fully saturated rings. The molecule has 0 unspecified atom stereocenters. The standard InChI is InChI=1S/C19H26N2O2/c1-15-4-2-5-16(12-15)18(22)20-9-7-19(14-20)8-10-21(19)13-17-6-3-11-23-17/h2,4-5,12,17H,3,6-11,13-14H2,1H3/t17-,19+/m1/s1. The van der Waals surface area contributed by atoms with Crippen LogP contribution in [-0.4, -0.2) is 60.1 Å². The largest absolute Gasteiger partial charge is 0.377 e. The maximum atomic E-state index is 12.8. The first-order valence-electron chi connectivity index (χ1n) is 8.89. The molecule has 124 valence electrons. The van der Waals surface area contributed by atoms with Gasteiger partial charge in [0.1, 0.15) is 0 Å². The van der Waals surface area contributed by atoms with Crippen LogP contribution < -0.4 is 0 Å². The van der Waals surface area contributed by atoms with E-state index in [-0.39, 0.29) is 11.4 Å². The van der Waals surface area contributed by atoms with Crippen molar-refractivity contribution in [2.75, 3.05) is 32.8 Å².